The van der Waals surface area contributed by atoms with Gasteiger partial charge in [-0.2, -0.15) is 0 Å². The Labute approximate surface area is 218 Å². The summed E-state index contributed by atoms with van der Waals surface area (Å²) in [6.45, 7) is 9.52. The number of amides is 1. The van der Waals surface area contributed by atoms with Crippen LogP contribution in [0.2, 0.25) is 0 Å². The molecule has 38 heavy (non-hydrogen) atoms. The Morgan fingerprint density at radius 2 is 1.89 bits per heavy atom. The van der Waals surface area contributed by atoms with Gasteiger partial charge in [0.1, 0.15) is 29.3 Å². The molecule has 3 aromatic heterocycles. The van der Waals surface area contributed by atoms with Crippen molar-refractivity contribution < 1.29 is 23.4 Å². The summed E-state index contributed by atoms with van der Waals surface area (Å²) in [5.41, 5.74) is 2.95. The minimum atomic E-state index is -0.790. The van der Waals surface area contributed by atoms with Crippen LogP contribution in [0, 0.1) is 19.7 Å². The maximum absolute atomic E-state index is 15.3. The van der Waals surface area contributed by atoms with Crippen LogP contribution in [0.25, 0.3) is 16.8 Å². The van der Waals surface area contributed by atoms with Crippen molar-refractivity contribution in [2.24, 2.45) is 0 Å². The monoisotopic (exact) mass is 518 g/mol. The van der Waals surface area contributed by atoms with Gasteiger partial charge in [0.15, 0.2) is 17.2 Å². The molecule has 0 saturated carbocycles. The Morgan fingerprint density at radius 1 is 1.13 bits per heavy atom. The van der Waals surface area contributed by atoms with Gasteiger partial charge in [-0.25, -0.2) is 19.2 Å². The molecule has 10 nitrogen and oxygen atoms in total. The predicted octanol–water partition coefficient (Wildman–Crippen LogP) is 4.75. The van der Waals surface area contributed by atoms with Gasteiger partial charge < -0.3 is 14.2 Å². The highest BCUT2D eigenvalue weighted by Gasteiger charge is 2.37. The maximum Gasteiger partial charge on any atom is 0.416 e. The van der Waals surface area contributed by atoms with E-state index in [-0.39, 0.29) is 19.1 Å². The molecular weight excluding hydrogens is 491 g/mol. The van der Waals surface area contributed by atoms with Crippen molar-refractivity contribution in [1.29, 1.82) is 0 Å². The van der Waals surface area contributed by atoms with Crippen LogP contribution in [0.3, 0.4) is 0 Å². The topological polar surface area (TPSA) is 104 Å². The fourth-order valence-electron chi connectivity index (χ4n) is 5.01. The molecule has 0 aliphatic carbocycles. The molecule has 196 valence electrons. The standard InChI is InChI=1S/C27H27FN6O4/c1-14-18(9-29-15(2)31-14)17-8-22-25(34-13-30-32-24(17)34)33(26(35)38-27(3,4)5)10-19-20(28)6-7-21-23(19)16(11-36-21)12-37-22/h6-9,13,16H,10-12H2,1-5H3/t16-/m1/s1. The zero-order valence-corrected chi connectivity index (χ0v) is 21.8. The molecule has 5 heterocycles. The summed E-state index contributed by atoms with van der Waals surface area (Å²) < 4.78 is 35.0. The van der Waals surface area contributed by atoms with E-state index in [1.54, 1.807) is 43.5 Å². The molecule has 4 aromatic rings. The van der Waals surface area contributed by atoms with Gasteiger partial charge >= 0.3 is 6.09 Å². The number of rotatable bonds is 1. The lowest BCUT2D eigenvalue weighted by Gasteiger charge is -2.29. The zero-order valence-electron chi connectivity index (χ0n) is 21.8. The molecular formula is C27H27FN6O4. The van der Waals surface area contributed by atoms with Gasteiger partial charge in [-0.15, -0.1) is 10.2 Å². The van der Waals surface area contributed by atoms with Crippen LogP contribution in [0.15, 0.2) is 30.7 Å². The van der Waals surface area contributed by atoms with E-state index in [2.05, 4.69) is 20.2 Å². The molecule has 0 fully saturated rings. The molecule has 1 atom stereocenters. The Bertz CT molecular complexity index is 1590. The van der Waals surface area contributed by atoms with E-state index in [0.29, 0.717) is 52.1 Å². The molecule has 0 unspecified atom stereocenters. The molecule has 0 radical (unpaired) electrons. The van der Waals surface area contributed by atoms with Crippen LogP contribution in [-0.4, -0.2) is 49.5 Å². The first-order valence-electron chi connectivity index (χ1n) is 12.4. The average Bonchev–Trinajstić information content (AvgIpc) is 3.49. The number of anilines is 1. The van der Waals surface area contributed by atoms with E-state index in [9.17, 15) is 4.79 Å². The number of nitrogens with zero attached hydrogens (tertiary/aromatic N) is 6. The number of hydrogen-bond acceptors (Lipinski definition) is 8. The lowest BCUT2D eigenvalue weighted by Crippen LogP contribution is -2.38. The lowest BCUT2D eigenvalue weighted by molar-refractivity contribution is 0.0574. The van der Waals surface area contributed by atoms with Crippen LogP contribution in [0.5, 0.6) is 11.5 Å². The Kier molecular flexibility index (Phi) is 5.48. The van der Waals surface area contributed by atoms with Gasteiger partial charge in [-0.05, 0) is 52.8 Å². The highest BCUT2D eigenvalue weighted by atomic mass is 19.1. The van der Waals surface area contributed by atoms with Gasteiger partial charge in [-0.3, -0.25) is 9.30 Å². The number of benzene rings is 1. The number of aromatic nitrogens is 5. The molecule has 0 bridgehead atoms. The third-order valence-corrected chi connectivity index (χ3v) is 6.64. The number of fused-ring (bicyclic) bond motifs is 3. The van der Waals surface area contributed by atoms with E-state index in [1.165, 1.54) is 17.3 Å². The SMILES string of the molecule is Cc1ncc(-c2cc3c(n4cnnc24)N(C(=O)OC(C)(C)C)Cc2c(F)ccc4c2[C@H](CO4)CO3)c(C)n1. The zero-order chi connectivity index (χ0) is 26.8. The van der Waals surface area contributed by atoms with Crippen LogP contribution in [0.1, 0.15) is 49.3 Å². The van der Waals surface area contributed by atoms with Gasteiger partial charge in [0.2, 0.25) is 0 Å². The van der Waals surface area contributed by atoms with E-state index < -0.39 is 17.5 Å². The van der Waals surface area contributed by atoms with E-state index in [4.69, 9.17) is 14.2 Å². The Morgan fingerprint density at radius 3 is 2.63 bits per heavy atom. The summed E-state index contributed by atoms with van der Waals surface area (Å²) >= 11 is 0. The number of hydrogen-bond donors (Lipinski definition) is 0. The number of carbonyl (C=O) groups is 1. The van der Waals surface area contributed by atoms with Gasteiger partial charge in [0, 0.05) is 34.1 Å². The van der Waals surface area contributed by atoms with E-state index >= 15 is 4.39 Å². The van der Waals surface area contributed by atoms with Crippen LogP contribution in [0.4, 0.5) is 15.0 Å². The molecule has 1 aromatic carbocycles. The molecule has 0 spiro atoms. The maximum atomic E-state index is 15.3. The summed E-state index contributed by atoms with van der Waals surface area (Å²) in [5, 5.41) is 8.48. The molecule has 11 heteroatoms. The first kappa shape index (κ1) is 24.1. The highest BCUT2D eigenvalue weighted by Crippen LogP contribution is 2.44. The second-order valence-electron chi connectivity index (χ2n) is 10.5. The smallest absolute Gasteiger partial charge is 0.416 e. The van der Waals surface area contributed by atoms with Gasteiger partial charge in [0.05, 0.1) is 25.7 Å². The van der Waals surface area contributed by atoms with Crippen LogP contribution in [-0.2, 0) is 11.3 Å². The Balaban J connectivity index is 1.61. The normalized spacial score (nSPS) is 16.6. The first-order chi connectivity index (χ1) is 18.1. The second-order valence-corrected chi connectivity index (χ2v) is 10.5. The quantitative estimate of drug-likeness (QED) is 0.356. The van der Waals surface area contributed by atoms with Crippen molar-refractivity contribution in [3.05, 3.63) is 59.2 Å². The largest absolute Gasteiger partial charge is 0.493 e. The second kappa shape index (κ2) is 8.64. The fraction of sp³-hybridized carbons (Fsp3) is 0.370. The number of aryl methyl sites for hydroxylation is 2. The molecule has 6 rings (SSSR count). The van der Waals surface area contributed by atoms with Gasteiger partial charge in [0.25, 0.3) is 0 Å². The first-order valence-corrected chi connectivity index (χ1v) is 12.4. The van der Waals surface area contributed by atoms with Crippen molar-refractivity contribution in [3.8, 4) is 22.6 Å². The summed E-state index contributed by atoms with van der Waals surface area (Å²) in [7, 11) is 0. The summed E-state index contributed by atoms with van der Waals surface area (Å²) in [4.78, 5) is 23.9. The van der Waals surface area contributed by atoms with Crippen molar-refractivity contribution in [2.45, 2.75) is 52.7 Å². The van der Waals surface area contributed by atoms with Crippen molar-refractivity contribution in [2.75, 3.05) is 18.1 Å². The fourth-order valence-corrected chi connectivity index (χ4v) is 5.01. The predicted molar refractivity (Wildman–Crippen MR) is 136 cm³/mol. The summed E-state index contributed by atoms with van der Waals surface area (Å²) in [5.74, 6) is 1.32. The minimum Gasteiger partial charge on any atom is -0.493 e. The molecule has 2 aliphatic heterocycles. The molecule has 1 amide bonds. The summed E-state index contributed by atoms with van der Waals surface area (Å²) in [6, 6.07) is 4.79. The van der Waals surface area contributed by atoms with E-state index in [0.717, 1.165) is 11.3 Å². The molecule has 0 saturated heterocycles. The highest BCUT2D eigenvalue weighted by molar-refractivity contribution is 5.92. The third kappa shape index (κ3) is 3.98. The number of halogens is 1. The van der Waals surface area contributed by atoms with E-state index in [1.807, 2.05) is 13.8 Å². The lowest BCUT2D eigenvalue weighted by atomic mass is 9.95. The molecule has 0 N–H and O–H groups in total. The number of ether oxygens (including phenoxy) is 3. The third-order valence-electron chi connectivity index (χ3n) is 6.64. The van der Waals surface area contributed by atoms with Crippen LogP contribution >= 0.6 is 0 Å². The minimum absolute atomic E-state index is 0.0978. The molecule has 2 aliphatic rings. The number of pyridine rings is 1. The number of carbonyl (C=O) groups excluding carboxylic acids is 1. The van der Waals surface area contributed by atoms with Crippen molar-refractivity contribution >= 4 is 17.6 Å². The van der Waals surface area contributed by atoms with Crippen molar-refractivity contribution in [1.82, 2.24) is 24.6 Å². The Hall–Kier alpha value is -4.28. The van der Waals surface area contributed by atoms with Crippen molar-refractivity contribution in [3.63, 3.8) is 0 Å². The summed E-state index contributed by atoms with van der Waals surface area (Å²) in [6.07, 6.45) is 2.58. The van der Waals surface area contributed by atoms with Crippen LogP contribution < -0.4 is 14.4 Å². The average molecular weight is 519 g/mol. The van der Waals surface area contributed by atoms with Gasteiger partial charge in [-0.1, -0.05) is 0 Å².